The fourth-order valence-corrected chi connectivity index (χ4v) is 5.12. The van der Waals surface area contributed by atoms with Gasteiger partial charge in [-0.1, -0.05) is 24.2 Å². The van der Waals surface area contributed by atoms with Crippen molar-refractivity contribution in [2.45, 2.75) is 31.8 Å². The van der Waals surface area contributed by atoms with E-state index in [1.165, 1.54) is 7.11 Å². The highest BCUT2D eigenvalue weighted by molar-refractivity contribution is 7.92. The number of nitrogens with zero attached hydrogens (tertiary/aromatic N) is 1. The van der Waals surface area contributed by atoms with Crippen LogP contribution < -0.4 is 23.7 Å². The van der Waals surface area contributed by atoms with Crippen LogP contribution in [0.4, 0.5) is 5.82 Å². The van der Waals surface area contributed by atoms with Gasteiger partial charge in [-0.15, -0.1) is 0 Å². The monoisotopic (exact) mass is 512 g/mol. The van der Waals surface area contributed by atoms with Gasteiger partial charge < -0.3 is 23.5 Å². The molecule has 0 aliphatic carbocycles. The topological polar surface area (TPSA) is 109 Å². The number of nitrogens with one attached hydrogen (secondary N) is 1. The number of ether oxygens (including phenoxy) is 4. The molecule has 0 spiro atoms. The summed E-state index contributed by atoms with van der Waals surface area (Å²) in [6.45, 7) is 3.90. The summed E-state index contributed by atoms with van der Waals surface area (Å²) in [6.07, 6.45) is 0.584. The Morgan fingerprint density at radius 2 is 1.78 bits per heavy atom. The number of sulfonamides is 1. The number of aryl methyl sites for hydroxylation is 2. The minimum absolute atomic E-state index is 0.0641. The van der Waals surface area contributed by atoms with Crippen LogP contribution in [0.2, 0.25) is 0 Å². The molecule has 0 saturated heterocycles. The molecule has 0 radical (unpaired) electrons. The van der Waals surface area contributed by atoms with Crippen LogP contribution in [-0.4, -0.2) is 34.9 Å². The van der Waals surface area contributed by atoms with Crippen LogP contribution in [0.5, 0.6) is 23.0 Å². The zero-order chi connectivity index (χ0) is 25.9. The molecule has 9 nitrogen and oxygen atoms in total. The number of hydrogen-bond donors (Lipinski definition) is 1. The lowest BCUT2D eigenvalue weighted by atomic mass is 10.1. The van der Waals surface area contributed by atoms with Gasteiger partial charge in [0.25, 0.3) is 10.0 Å². The Morgan fingerprint density at radius 3 is 2.47 bits per heavy atom. The Bertz CT molecular complexity index is 1500. The summed E-state index contributed by atoms with van der Waals surface area (Å²) in [4.78, 5) is -0.0641. The molecule has 1 N–H and O–H groups in total. The summed E-state index contributed by atoms with van der Waals surface area (Å²) in [7, 11) is 0.419. The van der Waals surface area contributed by atoms with E-state index >= 15 is 0 Å². The van der Waals surface area contributed by atoms with E-state index in [1.807, 2.05) is 32.0 Å². The van der Waals surface area contributed by atoms with E-state index in [-0.39, 0.29) is 28.8 Å². The lowest BCUT2D eigenvalue weighted by molar-refractivity contribution is 0.274. The Balaban J connectivity index is 1.71. The molecule has 0 fully saturated rings. The molecule has 1 aromatic heterocycles. The second kappa shape index (κ2) is 10.4. The van der Waals surface area contributed by atoms with Gasteiger partial charge in [-0.05, 0) is 54.8 Å². The molecule has 190 valence electrons. The Hall–Kier alpha value is -3.92. The zero-order valence-electron chi connectivity index (χ0n) is 20.7. The SMILES string of the molecule is CCc1cc(OCc2ccc(OC)cc2OC)c(OC)c(S(=O)(=O)Nc2noc3cccc(C)c23)c1. The third-order valence-corrected chi connectivity index (χ3v) is 7.14. The van der Waals surface area contributed by atoms with Gasteiger partial charge in [-0.25, -0.2) is 8.42 Å². The van der Waals surface area contributed by atoms with Crippen LogP contribution in [-0.2, 0) is 23.1 Å². The summed E-state index contributed by atoms with van der Waals surface area (Å²) in [5.41, 5.74) is 2.83. The number of methoxy groups -OCH3 is 3. The molecular weight excluding hydrogens is 484 g/mol. The van der Waals surface area contributed by atoms with Gasteiger partial charge >= 0.3 is 0 Å². The summed E-state index contributed by atoms with van der Waals surface area (Å²) in [6, 6.07) is 14.1. The normalized spacial score (nSPS) is 11.4. The number of fused-ring (bicyclic) bond motifs is 1. The molecule has 0 unspecified atom stereocenters. The van der Waals surface area contributed by atoms with Crippen LogP contribution in [0.15, 0.2) is 57.9 Å². The fourth-order valence-electron chi connectivity index (χ4n) is 3.88. The molecule has 0 atom stereocenters. The first kappa shape index (κ1) is 25.2. The molecule has 36 heavy (non-hydrogen) atoms. The van der Waals surface area contributed by atoms with Gasteiger partial charge in [0, 0.05) is 11.6 Å². The van der Waals surface area contributed by atoms with E-state index in [2.05, 4.69) is 9.88 Å². The van der Waals surface area contributed by atoms with E-state index in [4.69, 9.17) is 23.5 Å². The predicted octanol–water partition coefficient (Wildman–Crippen LogP) is 5.10. The number of anilines is 1. The second-order valence-electron chi connectivity index (χ2n) is 8.03. The highest BCUT2D eigenvalue weighted by Crippen LogP contribution is 2.39. The van der Waals surface area contributed by atoms with Crippen molar-refractivity contribution in [2.75, 3.05) is 26.1 Å². The lowest BCUT2D eigenvalue weighted by Gasteiger charge is -2.18. The van der Waals surface area contributed by atoms with Gasteiger partial charge in [0.15, 0.2) is 22.9 Å². The Morgan fingerprint density at radius 1 is 0.972 bits per heavy atom. The fraction of sp³-hybridized carbons (Fsp3) is 0.269. The van der Waals surface area contributed by atoms with Gasteiger partial charge in [-0.3, -0.25) is 4.72 Å². The molecule has 10 heteroatoms. The van der Waals surface area contributed by atoms with E-state index in [9.17, 15) is 8.42 Å². The van der Waals surface area contributed by atoms with E-state index in [1.54, 1.807) is 44.6 Å². The Kier molecular flexibility index (Phi) is 7.25. The van der Waals surface area contributed by atoms with E-state index in [0.29, 0.717) is 28.9 Å². The number of benzene rings is 3. The third kappa shape index (κ3) is 4.90. The number of aromatic nitrogens is 1. The average Bonchev–Trinajstić information content (AvgIpc) is 3.29. The van der Waals surface area contributed by atoms with Crippen LogP contribution in [0.25, 0.3) is 11.0 Å². The lowest BCUT2D eigenvalue weighted by Crippen LogP contribution is -2.16. The predicted molar refractivity (Wildman–Crippen MR) is 136 cm³/mol. The molecule has 0 amide bonds. The highest BCUT2D eigenvalue weighted by atomic mass is 32.2. The maximum Gasteiger partial charge on any atom is 0.267 e. The quantitative estimate of drug-likeness (QED) is 0.312. The number of rotatable bonds is 10. The first-order chi connectivity index (χ1) is 17.3. The van der Waals surface area contributed by atoms with Gasteiger partial charge in [0.2, 0.25) is 0 Å². The van der Waals surface area contributed by atoms with Crippen molar-refractivity contribution in [1.29, 1.82) is 0 Å². The van der Waals surface area contributed by atoms with Gasteiger partial charge in [0.05, 0.1) is 26.7 Å². The van der Waals surface area contributed by atoms with Gasteiger partial charge in [0.1, 0.15) is 23.0 Å². The molecule has 4 aromatic rings. The molecule has 4 rings (SSSR count). The van der Waals surface area contributed by atoms with Crippen molar-refractivity contribution < 1.29 is 31.9 Å². The van der Waals surface area contributed by atoms with Crippen LogP contribution >= 0.6 is 0 Å². The van der Waals surface area contributed by atoms with Crippen molar-refractivity contribution in [3.05, 3.63) is 65.2 Å². The van der Waals surface area contributed by atoms with E-state index in [0.717, 1.165) is 16.7 Å². The van der Waals surface area contributed by atoms with Crippen molar-refractivity contribution in [2.24, 2.45) is 0 Å². The average molecular weight is 513 g/mol. The third-order valence-electron chi connectivity index (χ3n) is 5.80. The summed E-state index contributed by atoms with van der Waals surface area (Å²) >= 11 is 0. The smallest absolute Gasteiger partial charge is 0.267 e. The van der Waals surface area contributed by atoms with Crippen molar-refractivity contribution in [1.82, 2.24) is 5.16 Å². The molecule has 3 aromatic carbocycles. The van der Waals surface area contributed by atoms with E-state index < -0.39 is 10.0 Å². The molecule has 0 saturated carbocycles. The van der Waals surface area contributed by atoms with Crippen molar-refractivity contribution in [3.8, 4) is 23.0 Å². The largest absolute Gasteiger partial charge is 0.497 e. The molecule has 0 bridgehead atoms. The first-order valence-corrected chi connectivity index (χ1v) is 12.7. The zero-order valence-corrected chi connectivity index (χ0v) is 21.6. The van der Waals surface area contributed by atoms with Crippen LogP contribution in [0.3, 0.4) is 0 Å². The van der Waals surface area contributed by atoms with Gasteiger partial charge in [-0.2, -0.15) is 0 Å². The summed E-state index contributed by atoms with van der Waals surface area (Å²) in [5, 5.41) is 4.53. The number of hydrogen-bond acceptors (Lipinski definition) is 8. The standard InChI is InChI=1S/C26H28N2O7S/c1-6-17-12-22(34-15-18-10-11-19(31-3)14-21(18)32-4)25(33-5)23(13-17)36(29,30)28-26-24-16(2)8-7-9-20(24)35-27-26/h7-14H,6,15H2,1-5H3,(H,27,28). The minimum Gasteiger partial charge on any atom is -0.497 e. The van der Waals surface area contributed by atoms with Crippen LogP contribution in [0.1, 0.15) is 23.6 Å². The highest BCUT2D eigenvalue weighted by Gasteiger charge is 2.27. The molecule has 0 aliphatic rings. The van der Waals surface area contributed by atoms with Crippen molar-refractivity contribution >= 4 is 26.8 Å². The Labute approximate surface area is 210 Å². The minimum atomic E-state index is -4.11. The maximum absolute atomic E-state index is 13.5. The summed E-state index contributed by atoms with van der Waals surface area (Å²) in [5.74, 6) is 1.71. The van der Waals surface area contributed by atoms with Crippen LogP contribution in [0, 0.1) is 6.92 Å². The second-order valence-corrected chi connectivity index (χ2v) is 9.68. The molecular formula is C26H28N2O7S. The summed E-state index contributed by atoms with van der Waals surface area (Å²) < 4.78 is 57.2. The van der Waals surface area contributed by atoms with Crippen molar-refractivity contribution in [3.63, 3.8) is 0 Å². The first-order valence-electron chi connectivity index (χ1n) is 11.2. The molecule has 0 aliphatic heterocycles. The molecule has 1 heterocycles. The maximum atomic E-state index is 13.5.